The molecule has 1 fully saturated rings. The van der Waals surface area contributed by atoms with Crippen LogP contribution in [0.1, 0.15) is 129 Å². The lowest BCUT2D eigenvalue weighted by Gasteiger charge is -2.41. The van der Waals surface area contributed by atoms with Crippen molar-refractivity contribution in [1.82, 2.24) is 0 Å². The first-order valence-electron chi connectivity index (χ1n) is 20.1. The Bertz CT molecular complexity index is 1200. The number of hydrogen-bond donors (Lipinski definition) is 6. The molecular weight excluding hydrogens is 731 g/mol. The number of rotatable bonds is 31. The maximum absolute atomic E-state index is 12.7. The molecule has 8 atom stereocenters. The summed E-state index contributed by atoms with van der Waals surface area (Å²) in [5.41, 5.74) is 0. The van der Waals surface area contributed by atoms with Crippen molar-refractivity contribution in [3.8, 4) is 0 Å². The zero-order valence-corrected chi connectivity index (χ0v) is 33.8. The van der Waals surface area contributed by atoms with E-state index < -0.39 is 75.7 Å². The SMILES string of the molecule is CC/C=C/C/C=C/C/C=C/C/C=C/C/C=C/CCCC(=O)OC[C@@H](COP(=O)(O)OC1C(O)C(O)C(O)[C@H](O)C1O)OC(=O)CCCCCCCCCCC. The molecule has 0 heterocycles. The third kappa shape index (κ3) is 24.7. The Morgan fingerprint density at radius 1 is 0.582 bits per heavy atom. The Hall–Kier alpha value is -2.45. The Labute approximate surface area is 328 Å². The molecule has 6 N–H and O–H groups in total. The molecule has 0 radical (unpaired) electrons. The van der Waals surface area contributed by atoms with Crippen molar-refractivity contribution in [2.75, 3.05) is 13.2 Å². The Morgan fingerprint density at radius 3 is 1.56 bits per heavy atom. The summed E-state index contributed by atoms with van der Waals surface area (Å²) in [6.45, 7) is 3.07. The number of allylic oxidation sites excluding steroid dienone is 10. The van der Waals surface area contributed by atoms with Crippen molar-refractivity contribution in [2.45, 2.75) is 172 Å². The molecule has 13 nitrogen and oxygen atoms in total. The number of carbonyl (C=O) groups is 2. The van der Waals surface area contributed by atoms with Crippen LogP contribution in [-0.4, -0.2) is 98.3 Å². The highest BCUT2D eigenvalue weighted by molar-refractivity contribution is 7.47. The summed E-state index contributed by atoms with van der Waals surface area (Å²) in [5, 5.41) is 49.9. The Kier molecular flexibility index (Phi) is 29.1. The van der Waals surface area contributed by atoms with Crippen LogP contribution in [0.4, 0.5) is 0 Å². The van der Waals surface area contributed by atoms with Crippen LogP contribution in [0.2, 0.25) is 0 Å². The second-order valence-corrected chi connectivity index (χ2v) is 15.2. The number of esters is 2. The highest BCUT2D eigenvalue weighted by atomic mass is 31.2. The molecule has 316 valence electrons. The van der Waals surface area contributed by atoms with E-state index in [2.05, 4.69) is 62.5 Å². The number of aliphatic hydroxyl groups excluding tert-OH is 5. The van der Waals surface area contributed by atoms with Crippen molar-refractivity contribution in [2.24, 2.45) is 0 Å². The highest BCUT2D eigenvalue weighted by Crippen LogP contribution is 2.47. The predicted molar refractivity (Wildman–Crippen MR) is 212 cm³/mol. The van der Waals surface area contributed by atoms with E-state index in [1.807, 2.05) is 12.2 Å². The van der Waals surface area contributed by atoms with E-state index in [1.54, 1.807) is 0 Å². The monoisotopic (exact) mass is 800 g/mol. The van der Waals surface area contributed by atoms with E-state index in [-0.39, 0.29) is 12.8 Å². The number of aliphatic hydroxyl groups is 5. The molecule has 1 rings (SSSR count). The normalized spacial score (nSPS) is 23.7. The smallest absolute Gasteiger partial charge is 0.462 e. The third-order valence-electron chi connectivity index (χ3n) is 8.87. The maximum atomic E-state index is 12.7. The van der Waals surface area contributed by atoms with Gasteiger partial charge in [0.05, 0.1) is 6.61 Å². The van der Waals surface area contributed by atoms with Crippen LogP contribution in [0.25, 0.3) is 0 Å². The molecule has 0 aromatic heterocycles. The average Bonchev–Trinajstić information content (AvgIpc) is 3.16. The molecule has 14 heteroatoms. The highest BCUT2D eigenvalue weighted by Gasteiger charge is 2.51. The number of phosphoric acid groups is 1. The quantitative estimate of drug-likeness (QED) is 0.0189. The molecular formula is C41H69O13P. The van der Waals surface area contributed by atoms with Crippen LogP contribution in [0, 0.1) is 0 Å². The minimum Gasteiger partial charge on any atom is -0.462 e. The molecule has 1 aliphatic rings. The van der Waals surface area contributed by atoms with Crippen LogP contribution in [-0.2, 0) is 32.7 Å². The lowest BCUT2D eigenvalue weighted by molar-refractivity contribution is -0.220. The summed E-state index contributed by atoms with van der Waals surface area (Å²) in [7, 11) is -5.12. The van der Waals surface area contributed by atoms with Crippen LogP contribution in [0.3, 0.4) is 0 Å². The number of unbranched alkanes of at least 4 members (excludes halogenated alkanes) is 9. The Balaban J connectivity index is 2.55. The zero-order chi connectivity index (χ0) is 40.7. The molecule has 0 aliphatic heterocycles. The van der Waals surface area contributed by atoms with E-state index in [9.17, 15) is 44.6 Å². The topological polar surface area (TPSA) is 210 Å². The minimum absolute atomic E-state index is 0.0827. The number of hydrogen-bond acceptors (Lipinski definition) is 12. The predicted octanol–water partition coefficient (Wildman–Crippen LogP) is 6.60. The molecule has 0 aromatic rings. The summed E-state index contributed by atoms with van der Waals surface area (Å²) in [6.07, 6.45) is 23.1. The molecule has 1 saturated carbocycles. The van der Waals surface area contributed by atoms with Gasteiger partial charge < -0.3 is 39.9 Å². The molecule has 1 aliphatic carbocycles. The van der Waals surface area contributed by atoms with Crippen molar-refractivity contribution in [3.63, 3.8) is 0 Å². The van der Waals surface area contributed by atoms with Gasteiger partial charge in [-0.15, -0.1) is 0 Å². The van der Waals surface area contributed by atoms with Gasteiger partial charge in [0.2, 0.25) is 0 Å². The van der Waals surface area contributed by atoms with E-state index in [4.69, 9.17) is 18.5 Å². The summed E-state index contributed by atoms with van der Waals surface area (Å²) >= 11 is 0. The van der Waals surface area contributed by atoms with Crippen LogP contribution < -0.4 is 0 Å². The fraction of sp³-hybridized carbons (Fsp3) is 0.707. The maximum Gasteiger partial charge on any atom is 0.472 e. The van der Waals surface area contributed by atoms with Gasteiger partial charge in [-0.2, -0.15) is 0 Å². The van der Waals surface area contributed by atoms with Crippen molar-refractivity contribution in [1.29, 1.82) is 0 Å². The molecule has 0 spiro atoms. The van der Waals surface area contributed by atoms with Crippen molar-refractivity contribution >= 4 is 19.8 Å². The third-order valence-corrected chi connectivity index (χ3v) is 9.86. The first-order valence-corrected chi connectivity index (χ1v) is 21.6. The first-order chi connectivity index (χ1) is 26.4. The van der Waals surface area contributed by atoms with Crippen LogP contribution in [0.15, 0.2) is 60.8 Å². The molecule has 6 unspecified atom stereocenters. The largest absolute Gasteiger partial charge is 0.472 e. The van der Waals surface area contributed by atoms with Gasteiger partial charge in [0, 0.05) is 12.8 Å². The van der Waals surface area contributed by atoms with E-state index in [0.717, 1.165) is 57.8 Å². The standard InChI is InChI=1S/C41H69O13P/c1-3-5-7-9-11-13-14-15-16-17-18-19-20-22-23-25-27-29-34(42)51-31-33(53-35(43)30-28-26-24-21-12-10-8-6-4-2)32-52-55(49,50)54-41-39(47)37(45)36(44)38(46)40(41)48/h5,7,11,13,15-16,18-19,22-23,33,36-41,44-48H,3-4,6,8-10,12,14,17,20-21,24-32H2,1-2H3,(H,49,50)/b7-5+,13-11+,16-15+,19-18+,23-22+/t33-,36?,37-,38?,39?,40?,41?/m0/s1. The molecule has 55 heavy (non-hydrogen) atoms. The fourth-order valence-corrected chi connectivity index (χ4v) is 6.59. The average molecular weight is 801 g/mol. The lowest BCUT2D eigenvalue weighted by Crippen LogP contribution is -2.64. The van der Waals surface area contributed by atoms with Crippen LogP contribution >= 0.6 is 7.82 Å². The van der Waals surface area contributed by atoms with E-state index >= 15 is 0 Å². The van der Waals surface area contributed by atoms with Gasteiger partial charge in [0.25, 0.3) is 0 Å². The van der Waals surface area contributed by atoms with Gasteiger partial charge in [-0.1, -0.05) is 126 Å². The zero-order valence-electron chi connectivity index (χ0n) is 32.9. The van der Waals surface area contributed by atoms with Crippen LogP contribution in [0.5, 0.6) is 0 Å². The molecule has 0 saturated heterocycles. The van der Waals surface area contributed by atoms with Gasteiger partial charge in [-0.25, -0.2) is 4.57 Å². The summed E-state index contributed by atoms with van der Waals surface area (Å²) in [5.74, 6) is -1.18. The second kappa shape index (κ2) is 31.6. The number of carbonyl (C=O) groups excluding carboxylic acids is 2. The van der Waals surface area contributed by atoms with E-state index in [0.29, 0.717) is 19.3 Å². The fourth-order valence-electron chi connectivity index (χ4n) is 5.61. The van der Waals surface area contributed by atoms with Crippen molar-refractivity contribution in [3.05, 3.63) is 60.8 Å². The molecule has 0 amide bonds. The number of ether oxygens (including phenoxy) is 2. The summed E-state index contributed by atoms with van der Waals surface area (Å²) < 4.78 is 33.3. The molecule has 0 bridgehead atoms. The summed E-state index contributed by atoms with van der Waals surface area (Å²) in [6, 6.07) is 0. The first kappa shape index (κ1) is 50.6. The Morgan fingerprint density at radius 2 is 1.04 bits per heavy atom. The summed E-state index contributed by atoms with van der Waals surface area (Å²) in [4.78, 5) is 35.4. The second-order valence-electron chi connectivity index (χ2n) is 13.8. The van der Waals surface area contributed by atoms with Gasteiger partial charge in [-0.05, 0) is 51.4 Å². The minimum atomic E-state index is -5.12. The lowest BCUT2D eigenvalue weighted by atomic mass is 9.85. The number of phosphoric ester groups is 1. The van der Waals surface area contributed by atoms with Gasteiger partial charge in [0.15, 0.2) is 6.10 Å². The van der Waals surface area contributed by atoms with Gasteiger partial charge in [0.1, 0.15) is 43.2 Å². The van der Waals surface area contributed by atoms with E-state index in [1.165, 1.54) is 25.7 Å². The van der Waals surface area contributed by atoms with Gasteiger partial charge >= 0.3 is 19.8 Å². The van der Waals surface area contributed by atoms with Gasteiger partial charge in [-0.3, -0.25) is 18.6 Å². The van der Waals surface area contributed by atoms with Crippen molar-refractivity contribution < 1.29 is 63.1 Å². The molecule has 0 aromatic carbocycles.